The van der Waals surface area contributed by atoms with Crippen LogP contribution in [0.3, 0.4) is 0 Å². The molecule has 0 saturated carbocycles. The minimum atomic E-state index is -0.614. The first-order valence-electron chi connectivity index (χ1n) is 10.2. The summed E-state index contributed by atoms with van der Waals surface area (Å²) >= 11 is 0. The van der Waals surface area contributed by atoms with Gasteiger partial charge < -0.3 is 15.8 Å². The topological polar surface area (TPSA) is 127 Å². The lowest BCUT2D eigenvalue weighted by Crippen LogP contribution is -2.16. The lowest BCUT2D eigenvalue weighted by Gasteiger charge is -2.12. The molecule has 0 atom stereocenters. The van der Waals surface area contributed by atoms with Crippen molar-refractivity contribution in [2.24, 2.45) is 5.73 Å². The Labute approximate surface area is 190 Å². The Morgan fingerprint density at radius 3 is 2.45 bits per heavy atom. The predicted molar refractivity (Wildman–Crippen MR) is 127 cm³/mol. The zero-order valence-electron chi connectivity index (χ0n) is 17.9. The van der Waals surface area contributed by atoms with Crippen LogP contribution in [0.1, 0.15) is 27.4 Å². The minimum absolute atomic E-state index is 0.0732. The van der Waals surface area contributed by atoms with E-state index in [9.17, 15) is 4.79 Å². The highest BCUT2D eigenvalue weighted by molar-refractivity contribution is 6.30. The summed E-state index contributed by atoms with van der Waals surface area (Å²) in [5.74, 6) is 0.334. The van der Waals surface area contributed by atoms with Gasteiger partial charge in [0.2, 0.25) is 0 Å². The van der Waals surface area contributed by atoms with Crippen molar-refractivity contribution in [2.75, 3.05) is 7.05 Å². The Morgan fingerprint density at radius 1 is 1.03 bits per heavy atom. The fourth-order valence-corrected chi connectivity index (χ4v) is 3.37. The highest BCUT2D eigenvalue weighted by atomic mass is 16.5. The van der Waals surface area contributed by atoms with Crippen LogP contribution in [-0.4, -0.2) is 33.6 Å². The Bertz CT molecular complexity index is 1330. The third kappa shape index (κ3) is 4.85. The Hall–Kier alpha value is -4.59. The van der Waals surface area contributed by atoms with Crippen LogP contribution in [0.15, 0.2) is 79.3 Å². The molecule has 0 saturated heterocycles. The molecule has 2 aromatic heterocycles. The number of aromatic nitrogens is 3. The molecule has 4 aromatic rings. The van der Waals surface area contributed by atoms with E-state index < -0.39 is 5.91 Å². The molecule has 0 bridgehead atoms. The molecule has 8 heteroatoms. The highest BCUT2D eigenvalue weighted by Gasteiger charge is 2.13. The van der Waals surface area contributed by atoms with Crippen LogP contribution in [0, 0.1) is 5.41 Å². The standard InChI is InChI=1S/C25H22N6O2/c1-28-14-20(16-10-12-29-13-11-16)23(26)17-6-8-18(9-7-17)33-15-22-30-21-5-3-2-4-19(21)24(31-22)25(27)32/h2-14,26,28H,15H2,1H3,(H2,27,32)/b20-14-,26-23?. The molecule has 0 spiro atoms. The highest BCUT2D eigenvalue weighted by Crippen LogP contribution is 2.22. The molecule has 8 nitrogen and oxygen atoms in total. The second kappa shape index (κ2) is 9.69. The first kappa shape index (κ1) is 21.6. The summed E-state index contributed by atoms with van der Waals surface area (Å²) in [6.07, 6.45) is 5.18. The molecule has 0 radical (unpaired) electrons. The van der Waals surface area contributed by atoms with E-state index in [2.05, 4.69) is 20.3 Å². The molecule has 0 aliphatic heterocycles. The molecular formula is C25H22N6O2. The van der Waals surface area contributed by atoms with Crippen molar-refractivity contribution in [1.82, 2.24) is 20.3 Å². The van der Waals surface area contributed by atoms with Gasteiger partial charge in [0, 0.05) is 42.2 Å². The van der Waals surface area contributed by atoms with Crippen molar-refractivity contribution in [2.45, 2.75) is 6.61 Å². The maximum atomic E-state index is 11.8. The van der Waals surface area contributed by atoms with E-state index in [-0.39, 0.29) is 12.3 Å². The third-order valence-corrected chi connectivity index (χ3v) is 4.94. The number of ether oxygens (including phenoxy) is 1. The zero-order chi connectivity index (χ0) is 23.2. The smallest absolute Gasteiger partial charge is 0.268 e. The average Bonchev–Trinajstić information content (AvgIpc) is 2.86. The van der Waals surface area contributed by atoms with Crippen molar-refractivity contribution in [1.29, 1.82) is 5.41 Å². The third-order valence-electron chi connectivity index (χ3n) is 4.94. The van der Waals surface area contributed by atoms with Gasteiger partial charge in [-0.2, -0.15) is 0 Å². The van der Waals surface area contributed by atoms with Crippen molar-refractivity contribution < 1.29 is 9.53 Å². The van der Waals surface area contributed by atoms with E-state index >= 15 is 0 Å². The number of hydrogen-bond acceptors (Lipinski definition) is 7. The number of primary amides is 1. The molecule has 164 valence electrons. The summed E-state index contributed by atoms with van der Waals surface area (Å²) in [6.45, 7) is 0.0732. The number of nitrogens with one attached hydrogen (secondary N) is 2. The van der Waals surface area contributed by atoms with Gasteiger partial charge in [0.05, 0.1) is 11.2 Å². The van der Waals surface area contributed by atoms with Gasteiger partial charge in [0.15, 0.2) is 5.82 Å². The van der Waals surface area contributed by atoms with Crippen molar-refractivity contribution in [3.63, 3.8) is 0 Å². The van der Waals surface area contributed by atoms with E-state index in [4.69, 9.17) is 15.9 Å². The molecule has 0 unspecified atom stereocenters. The first-order chi connectivity index (χ1) is 16.1. The van der Waals surface area contributed by atoms with Crippen LogP contribution in [-0.2, 0) is 6.61 Å². The summed E-state index contributed by atoms with van der Waals surface area (Å²) < 4.78 is 5.82. The number of carbonyl (C=O) groups excluding carboxylic acids is 1. The fourth-order valence-electron chi connectivity index (χ4n) is 3.37. The minimum Gasteiger partial charge on any atom is -0.486 e. The molecule has 2 heterocycles. The predicted octanol–water partition coefficient (Wildman–Crippen LogP) is 3.33. The van der Waals surface area contributed by atoms with Gasteiger partial charge in [-0.3, -0.25) is 15.2 Å². The van der Waals surface area contributed by atoms with Crippen molar-refractivity contribution in [3.05, 3.63) is 102 Å². The van der Waals surface area contributed by atoms with Crippen LogP contribution < -0.4 is 15.8 Å². The number of pyridine rings is 1. The van der Waals surface area contributed by atoms with Gasteiger partial charge in [-0.1, -0.05) is 18.2 Å². The summed E-state index contributed by atoms with van der Waals surface area (Å²) in [5.41, 5.74) is 9.02. The van der Waals surface area contributed by atoms with Gasteiger partial charge >= 0.3 is 0 Å². The molecular weight excluding hydrogens is 416 g/mol. The summed E-state index contributed by atoms with van der Waals surface area (Å²) in [5, 5.41) is 12.2. The molecule has 33 heavy (non-hydrogen) atoms. The summed E-state index contributed by atoms with van der Waals surface area (Å²) in [4.78, 5) is 24.6. The molecule has 4 N–H and O–H groups in total. The number of amides is 1. The maximum absolute atomic E-state index is 11.8. The quantitative estimate of drug-likeness (QED) is 0.362. The fraction of sp³-hybridized carbons (Fsp3) is 0.0800. The molecule has 0 aliphatic carbocycles. The van der Waals surface area contributed by atoms with Crippen LogP contribution >= 0.6 is 0 Å². The normalized spacial score (nSPS) is 11.2. The molecule has 1 amide bonds. The van der Waals surface area contributed by atoms with Crippen molar-refractivity contribution >= 4 is 28.1 Å². The van der Waals surface area contributed by atoms with E-state index in [0.29, 0.717) is 28.2 Å². The SMILES string of the molecule is CN/C=C(\C(=N)c1ccc(OCc2nc(C(N)=O)c3ccccc3n2)cc1)c1ccncc1. The number of hydrogen-bond donors (Lipinski definition) is 3. The Morgan fingerprint density at radius 2 is 1.76 bits per heavy atom. The average molecular weight is 438 g/mol. The van der Waals surface area contributed by atoms with E-state index in [1.54, 1.807) is 56.0 Å². The first-order valence-corrected chi connectivity index (χ1v) is 10.2. The van der Waals surface area contributed by atoms with Gasteiger partial charge in [0.25, 0.3) is 5.91 Å². The number of rotatable bonds is 8. The van der Waals surface area contributed by atoms with Gasteiger partial charge in [-0.05, 0) is 48.0 Å². The number of para-hydroxylation sites is 1. The van der Waals surface area contributed by atoms with Crippen LogP contribution in [0.5, 0.6) is 5.75 Å². The van der Waals surface area contributed by atoms with E-state index in [0.717, 1.165) is 16.7 Å². The molecule has 0 fully saturated rings. The lowest BCUT2D eigenvalue weighted by atomic mass is 9.97. The van der Waals surface area contributed by atoms with Crippen LogP contribution in [0.4, 0.5) is 0 Å². The van der Waals surface area contributed by atoms with Gasteiger partial charge in [0.1, 0.15) is 18.1 Å². The Balaban J connectivity index is 1.51. The number of allylic oxidation sites excluding steroid dienone is 1. The van der Waals surface area contributed by atoms with Crippen LogP contribution in [0.2, 0.25) is 0 Å². The number of nitrogens with two attached hydrogens (primary N) is 1. The second-order valence-corrected chi connectivity index (χ2v) is 7.14. The molecule has 2 aromatic carbocycles. The number of nitrogens with zero attached hydrogens (tertiary/aromatic N) is 3. The Kier molecular flexibility index (Phi) is 6.36. The zero-order valence-corrected chi connectivity index (χ0v) is 17.9. The van der Waals surface area contributed by atoms with Crippen LogP contribution in [0.25, 0.3) is 16.5 Å². The number of benzene rings is 2. The summed E-state index contributed by atoms with van der Waals surface area (Å²) in [7, 11) is 1.80. The lowest BCUT2D eigenvalue weighted by molar-refractivity contribution is 0.0996. The number of fused-ring (bicyclic) bond motifs is 1. The van der Waals surface area contributed by atoms with E-state index in [1.165, 1.54) is 0 Å². The summed E-state index contributed by atoms with van der Waals surface area (Å²) in [6, 6.07) is 18.1. The number of carbonyl (C=O) groups is 1. The van der Waals surface area contributed by atoms with Gasteiger partial charge in [-0.15, -0.1) is 0 Å². The largest absolute Gasteiger partial charge is 0.486 e. The van der Waals surface area contributed by atoms with Crippen molar-refractivity contribution in [3.8, 4) is 5.75 Å². The monoisotopic (exact) mass is 438 g/mol. The van der Waals surface area contributed by atoms with Gasteiger partial charge in [-0.25, -0.2) is 9.97 Å². The molecule has 0 aliphatic rings. The maximum Gasteiger partial charge on any atom is 0.268 e. The van der Waals surface area contributed by atoms with E-state index in [1.807, 2.05) is 30.3 Å². The second-order valence-electron chi connectivity index (χ2n) is 7.14. The molecule has 4 rings (SSSR count).